The highest BCUT2D eigenvalue weighted by Crippen LogP contribution is 2.02. The molecule has 0 aliphatic rings. The topological polar surface area (TPSA) is 9.23 Å². The van der Waals surface area contributed by atoms with E-state index >= 15 is 0 Å². The van der Waals surface area contributed by atoms with Crippen molar-refractivity contribution < 1.29 is 4.74 Å². The summed E-state index contributed by atoms with van der Waals surface area (Å²) in [5.74, 6) is 0. The molecule has 0 saturated heterocycles. The van der Waals surface area contributed by atoms with Crippen molar-refractivity contribution in [2.45, 2.75) is 32.8 Å². The first kappa shape index (κ1) is 9.18. The summed E-state index contributed by atoms with van der Waals surface area (Å²) in [5, 5.41) is 0. The second kappa shape index (κ2) is 5.00. The summed E-state index contributed by atoms with van der Waals surface area (Å²) in [5.41, 5.74) is 0. The fraction of sp³-hybridized carbons (Fsp3) is 0.833. The number of thiocarbonyl (C=S) groups is 1. The van der Waals surface area contributed by atoms with E-state index in [0.717, 1.165) is 12.8 Å². The number of hydrogen-bond donors (Lipinski definition) is 0. The zero-order valence-electron chi connectivity index (χ0n) is 5.69. The van der Waals surface area contributed by atoms with E-state index < -0.39 is 0 Å². The lowest BCUT2D eigenvalue weighted by molar-refractivity contribution is 0.208. The van der Waals surface area contributed by atoms with Gasteiger partial charge in [0.25, 0.3) is 4.51 Å². The van der Waals surface area contributed by atoms with Gasteiger partial charge in [-0.3, -0.25) is 0 Å². The van der Waals surface area contributed by atoms with Gasteiger partial charge in [0.15, 0.2) is 0 Å². The van der Waals surface area contributed by atoms with Crippen LogP contribution < -0.4 is 0 Å². The summed E-state index contributed by atoms with van der Waals surface area (Å²) in [7, 11) is 0. The van der Waals surface area contributed by atoms with Crippen molar-refractivity contribution in [1.82, 2.24) is 0 Å². The maximum atomic E-state index is 5.32. The van der Waals surface area contributed by atoms with Gasteiger partial charge in [-0.25, -0.2) is 0 Å². The molecule has 1 atom stereocenters. The zero-order chi connectivity index (χ0) is 7.28. The van der Waals surface area contributed by atoms with Crippen molar-refractivity contribution in [3.05, 3.63) is 0 Å². The highest BCUT2D eigenvalue weighted by atomic mass is 35.5. The third-order valence-corrected chi connectivity index (χ3v) is 1.17. The van der Waals surface area contributed by atoms with E-state index in [2.05, 4.69) is 19.1 Å². The van der Waals surface area contributed by atoms with Crippen LogP contribution in [0.1, 0.15) is 26.7 Å². The average Bonchev–Trinajstić information content (AvgIpc) is 1.63. The first-order valence-corrected chi connectivity index (χ1v) is 3.81. The minimum atomic E-state index is 0.121. The summed E-state index contributed by atoms with van der Waals surface area (Å²) in [6.45, 7) is 4.05. The molecule has 1 nitrogen and oxygen atoms in total. The molecule has 0 saturated carbocycles. The van der Waals surface area contributed by atoms with Gasteiger partial charge in [-0.15, -0.1) is 0 Å². The van der Waals surface area contributed by atoms with E-state index in [1.807, 2.05) is 6.92 Å². The minimum absolute atomic E-state index is 0.121. The van der Waals surface area contributed by atoms with Crippen LogP contribution in [0.4, 0.5) is 0 Å². The predicted octanol–water partition coefficient (Wildman–Crippen LogP) is 2.72. The smallest absolute Gasteiger partial charge is 0.255 e. The molecule has 0 fully saturated rings. The predicted molar refractivity (Wildman–Crippen MR) is 43.9 cm³/mol. The Morgan fingerprint density at radius 2 is 2.33 bits per heavy atom. The second-order valence-corrected chi connectivity index (χ2v) is 2.89. The lowest BCUT2D eigenvalue weighted by Crippen LogP contribution is -2.08. The van der Waals surface area contributed by atoms with Crippen molar-refractivity contribution in [1.29, 1.82) is 0 Å². The van der Waals surface area contributed by atoms with Crippen LogP contribution in [-0.4, -0.2) is 10.6 Å². The van der Waals surface area contributed by atoms with E-state index in [0.29, 0.717) is 0 Å². The van der Waals surface area contributed by atoms with Gasteiger partial charge in [0.2, 0.25) is 0 Å². The van der Waals surface area contributed by atoms with Crippen molar-refractivity contribution >= 4 is 28.3 Å². The normalized spacial score (nSPS) is 12.8. The second-order valence-electron chi connectivity index (χ2n) is 1.95. The van der Waals surface area contributed by atoms with Gasteiger partial charge >= 0.3 is 0 Å². The Balaban J connectivity index is 3.26. The van der Waals surface area contributed by atoms with Crippen LogP contribution in [0.15, 0.2) is 0 Å². The Morgan fingerprint density at radius 3 is 2.67 bits per heavy atom. The molecule has 1 unspecified atom stereocenters. The minimum Gasteiger partial charge on any atom is -0.472 e. The third kappa shape index (κ3) is 6.06. The van der Waals surface area contributed by atoms with E-state index in [-0.39, 0.29) is 10.6 Å². The molecule has 9 heavy (non-hydrogen) atoms. The first-order chi connectivity index (χ1) is 4.16. The number of hydrogen-bond acceptors (Lipinski definition) is 2. The van der Waals surface area contributed by atoms with Gasteiger partial charge in [-0.2, -0.15) is 0 Å². The van der Waals surface area contributed by atoms with Crippen LogP contribution >= 0.6 is 23.8 Å². The Kier molecular flexibility index (Phi) is 5.10. The molecule has 0 amide bonds. The molecule has 3 heteroatoms. The summed E-state index contributed by atoms with van der Waals surface area (Å²) in [4.78, 5) is 0. The number of ether oxygens (including phenoxy) is 1. The van der Waals surface area contributed by atoms with Crippen molar-refractivity contribution in [3.63, 3.8) is 0 Å². The molecule has 0 spiro atoms. The highest BCUT2D eigenvalue weighted by Gasteiger charge is 2.00. The molecule has 0 radical (unpaired) electrons. The molecule has 0 heterocycles. The standard InChI is InChI=1S/C6H11ClOS/c1-3-4-5(2)8-6(7)9/h5H,3-4H2,1-2H3. The van der Waals surface area contributed by atoms with E-state index in [9.17, 15) is 0 Å². The molecule has 0 bridgehead atoms. The molecule has 0 aromatic carbocycles. The summed E-state index contributed by atoms with van der Waals surface area (Å²) < 4.78 is 5.11. The lowest BCUT2D eigenvalue weighted by Gasteiger charge is -2.09. The molecule has 54 valence electrons. The molecular formula is C6H11ClOS. The Bertz CT molecular complexity index is 95.1. The first-order valence-electron chi connectivity index (χ1n) is 3.03. The van der Waals surface area contributed by atoms with Crippen molar-refractivity contribution in [2.75, 3.05) is 0 Å². The van der Waals surface area contributed by atoms with Gasteiger partial charge in [0.05, 0.1) is 6.10 Å². The van der Waals surface area contributed by atoms with Gasteiger partial charge in [-0.05, 0) is 37.2 Å². The summed E-state index contributed by atoms with van der Waals surface area (Å²) in [6.07, 6.45) is 2.27. The molecule has 0 N–H and O–H groups in total. The molecule has 0 aliphatic carbocycles. The maximum absolute atomic E-state index is 5.32. The quantitative estimate of drug-likeness (QED) is 0.471. The van der Waals surface area contributed by atoms with E-state index in [4.69, 9.17) is 16.3 Å². The summed E-state index contributed by atoms with van der Waals surface area (Å²) >= 11 is 9.85. The SMILES string of the molecule is CCCC(C)OC(=S)Cl. The molecule has 0 rings (SSSR count). The van der Waals surface area contributed by atoms with Crippen LogP contribution in [0.25, 0.3) is 0 Å². The molecular weight excluding hydrogens is 156 g/mol. The highest BCUT2D eigenvalue weighted by molar-refractivity contribution is 7.82. The Labute approximate surface area is 66.3 Å². The molecule has 0 aromatic rings. The maximum Gasteiger partial charge on any atom is 0.255 e. The van der Waals surface area contributed by atoms with Crippen molar-refractivity contribution in [3.8, 4) is 0 Å². The third-order valence-electron chi connectivity index (χ3n) is 0.989. The number of halogens is 1. The van der Waals surface area contributed by atoms with Crippen molar-refractivity contribution in [2.24, 2.45) is 0 Å². The fourth-order valence-electron chi connectivity index (χ4n) is 0.624. The van der Waals surface area contributed by atoms with Crippen LogP contribution in [0.5, 0.6) is 0 Å². The van der Waals surface area contributed by atoms with Crippen LogP contribution in [0.3, 0.4) is 0 Å². The largest absolute Gasteiger partial charge is 0.472 e. The van der Waals surface area contributed by atoms with Gasteiger partial charge in [0.1, 0.15) is 0 Å². The van der Waals surface area contributed by atoms with E-state index in [1.165, 1.54) is 0 Å². The van der Waals surface area contributed by atoms with Gasteiger partial charge < -0.3 is 4.74 Å². The number of rotatable bonds is 3. The van der Waals surface area contributed by atoms with Crippen LogP contribution in [0, 0.1) is 0 Å². The van der Waals surface area contributed by atoms with Crippen LogP contribution in [-0.2, 0) is 4.74 Å². The summed E-state index contributed by atoms with van der Waals surface area (Å²) in [6, 6.07) is 0. The van der Waals surface area contributed by atoms with Gasteiger partial charge in [0, 0.05) is 0 Å². The van der Waals surface area contributed by atoms with E-state index in [1.54, 1.807) is 0 Å². The molecule has 0 aliphatic heterocycles. The lowest BCUT2D eigenvalue weighted by atomic mass is 10.2. The average molecular weight is 167 g/mol. The Hall–Kier alpha value is 0.180. The fourth-order valence-corrected chi connectivity index (χ4v) is 0.940. The van der Waals surface area contributed by atoms with Gasteiger partial charge in [-0.1, -0.05) is 13.3 Å². The zero-order valence-corrected chi connectivity index (χ0v) is 7.26. The Morgan fingerprint density at radius 1 is 1.78 bits per heavy atom. The van der Waals surface area contributed by atoms with Crippen LogP contribution in [0.2, 0.25) is 0 Å². The molecule has 0 aromatic heterocycles. The monoisotopic (exact) mass is 166 g/mol.